The molecule has 1 unspecified atom stereocenters. The van der Waals surface area contributed by atoms with Crippen LogP contribution in [-0.2, 0) is 11.2 Å². The second kappa shape index (κ2) is 10.5. The molecule has 1 aromatic heterocycles. The van der Waals surface area contributed by atoms with Gasteiger partial charge >= 0.3 is 6.36 Å². The molecule has 0 aliphatic heterocycles. The largest absolute Gasteiger partial charge is 0.573 e. The number of hydrogen-bond acceptors (Lipinski definition) is 3. The topological polar surface area (TPSA) is 60.3 Å². The SMILES string of the molecule is CC(c1ccc(OC(F)(F)F)cc1)n1ccc2c(NC(=O)CCc3cccc(Cl)c3)cccc2c1=O. The lowest BCUT2D eigenvalue weighted by Gasteiger charge is -2.18. The number of benzene rings is 3. The van der Waals surface area contributed by atoms with Crippen molar-refractivity contribution >= 4 is 34.0 Å². The standard InChI is InChI=1S/C27H22ClF3N2O3/c1-17(19-9-11-21(12-10-19)36-27(29,30)31)33-15-14-22-23(26(33)35)6-3-7-24(22)32-25(34)13-8-18-4-2-5-20(28)16-18/h2-7,9-12,14-17H,8,13H2,1H3,(H,32,34). The maximum Gasteiger partial charge on any atom is 0.573 e. The van der Waals surface area contributed by atoms with Crippen molar-refractivity contribution in [1.29, 1.82) is 0 Å². The zero-order valence-corrected chi connectivity index (χ0v) is 19.9. The monoisotopic (exact) mass is 514 g/mol. The summed E-state index contributed by atoms with van der Waals surface area (Å²) in [6.07, 6.45) is -2.39. The van der Waals surface area contributed by atoms with Gasteiger partial charge in [-0.2, -0.15) is 0 Å². The van der Waals surface area contributed by atoms with E-state index in [0.29, 0.717) is 33.5 Å². The van der Waals surface area contributed by atoms with Gasteiger partial charge in [0.25, 0.3) is 5.56 Å². The minimum atomic E-state index is -4.77. The zero-order chi connectivity index (χ0) is 25.9. The predicted molar refractivity (Wildman–Crippen MR) is 134 cm³/mol. The summed E-state index contributed by atoms with van der Waals surface area (Å²) in [7, 11) is 0. The zero-order valence-electron chi connectivity index (χ0n) is 19.2. The summed E-state index contributed by atoms with van der Waals surface area (Å²) in [6, 6.07) is 19.1. The molecule has 0 saturated heterocycles. The van der Waals surface area contributed by atoms with E-state index in [1.807, 2.05) is 18.2 Å². The summed E-state index contributed by atoms with van der Waals surface area (Å²) >= 11 is 6.00. The number of halogens is 4. The van der Waals surface area contributed by atoms with Gasteiger partial charge in [0.2, 0.25) is 5.91 Å². The number of ether oxygens (including phenoxy) is 1. The van der Waals surface area contributed by atoms with Crippen LogP contribution < -0.4 is 15.6 Å². The van der Waals surface area contributed by atoms with E-state index in [-0.39, 0.29) is 23.6 Å². The quantitative estimate of drug-likeness (QED) is 0.297. The van der Waals surface area contributed by atoms with Crippen molar-refractivity contribution in [3.63, 3.8) is 0 Å². The van der Waals surface area contributed by atoms with Crippen LogP contribution in [0.1, 0.15) is 30.5 Å². The van der Waals surface area contributed by atoms with Crippen molar-refractivity contribution in [2.24, 2.45) is 0 Å². The highest BCUT2D eigenvalue weighted by Gasteiger charge is 2.31. The third-order valence-electron chi connectivity index (χ3n) is 5.79. The lowest BCUT2D eigenvalue weighted by Crippen LogP contribution is -2.24. The fraction of sp³-hybridized carbons (Fsp3) is 0.185. The molecule has 4 aromatic rings. The van der Waals surface area contributed by atoms with Crippen molar-refractivity contribution in [3.8, 4) is 5.75 Å². The molecule has 186 valence electrons. The fourth-order valence-electron chi connectivity index (χ4n) is 3.98. The third kappa shape index (κ3) is 6.07. The van der Waals surface area contributed by atoms with Gasteiger partial charge in [0, 0.05) is 34.1 Å². The first-order valence-electron chi connectivity index (χ1n) is 11.1. The Hall–Kier alpha value is -3.78. The second-order valence-corrected chi connectivity index (χ2v) is 8.70. The summed E-state index contributed by atoms with van der Waals surface area (Å²) in [4.78, 5) is 25.8. The molecule has 3 aromatic carbocycles. The van der Waals surface area contributed by atoms with Crippen LogP contribution in [0.5, 0.6) is 5.75 Å². The Morgan fingerprint density at radius 2 is 1.75 bits per heavy atom. The first-order valence-corrected chi connectivity index (χ1v) is 11.5. The van der Waals surface area contributed by atoms with Gasteiger partial charge in [0.15, 0.2) is 0 Å². The molecule has 1 heterocycles. The maximum absolute atomic E-state index is 13.2. The number of nitrogens with zero attached hydrogens (tertiary/aromatic N) is 1. The van der Waals surface area contributed by atoms with E-state index in [0.717, 1.165) is 5.56 Å². The van der Waals surface area contributed by atoms with Crippen molar-refractivity contribution in [2.45, 2.75) is 32.2 Å². The summed E-state index contributed by atoms with van der Waals surface area (Å²) in [5, 5.41) is 4.49. The van der Waals surface area contributed by atoms with Crippen LogP contribution in [0.15, 0.2) is 83.8 Å². The molecular formula is C27H22ClF3N2O3. The Bertz CT molecular complexity index is 1450. The lowest BCUT2D eigenvalue weighted by atomic mass is 10.1. The summed E-state index contributed by atoms with van der Waals surface area (Å²) in [5.41, 5.74) is 1.82. The molecule has 0 bridgehead atoms. The Labute approximate surface area is 210 Å². The molecule has 1 atom stereocenters. The van der Waals surface area contributed by atoms with E-state index < -0.39 is 12.4 Å². The van der Waals surface area contributed by atoms with Crippen LogP contribution in [0.25, 0.3) is 10.8 Å². The van der Waals surface area contributed by atoms with E-state index in [9.17, 15) is 22.8 Å². The average Bonchev–Trinajstić information content (AvgIpc) is 2.83. The van der Waals surface area contributed by atoms with Crippen molar-refractivity contribution in [3.05, 3.63) is 105 Å². The minimum absolute atomic E-state index is 0.193. The van der Waals surface area contributed by atoms with Crippen molar-refractivity contribution in [2.75, 3.05) is 5.32 Å². The number of carbonyl (C=O) groups is 1. The van der Waals surface area contributed by atoms with Crippen LogP contribution in [0, 0.1) is 0 Å². The highest BCUT2D eigenvalue weighted by atomic mass is 35.5. The number of carbonyl (C=O) groups excluding carboxylic acids is 1. The molecule has 1 N–H and O–H groups in total. The number of pyridine rings is 1. The minimum Gasteiger partial charge on any atom is -0.406 e. The normalized spacial score (nSPS) is 12.4. The summed E-state index contributed by atoms with van der Waals surface area (Å²) < 4.78 is 42.6. The van der Waals surface area contributed by atoms with Gasteiger partial charge in [-0.3, -0.25) is 9.59 Å². The summed E-state index contributed by atoms with van der Waals surface area (Å²) in [6.45, 7) is 1.77. The Morgan fingerprint density at radius 3 is 2.44 bits per heavy atom. The second-order valence-electron chi connectivity index (χ2n) is 8.27. The first kappa shape index (κ1) is 25.3. The predicted octanol–water partition coefficient (Wildman–Crippen LogP) is 6.73. The fourth-order valence-corrected chi connectivity index (χ4v) is 4.19. The van der Waals surface area contributed by atoms with Crippen LogP contribution >= 0.6 is 11.6 Å². The van der Waals surface area contributed by atoms with Gasteiger partial charge in [-0.1, -0.05) is 41.9 Å². The number of anilines is 1. The van der Waals surface area contributed by atoms with E-state index in [4.69, 9.17) is 11.6 Å². The third-order valence-corrected chi connectivity index (χ3v) is 6.03. The Balaban J connectivity index is 1.52. The van der Waals surface area contributed by atoms with Gasteiger partial charge in [-0.25, -0.2) is 0 Å². The number of alkyl halides is 3. The molecule has 4 rings (SSSR count). The van der Waals surface area contributed by atoms with Gasteiger partial charge in [-0.15, -0.1) is 13.2 Å². The van der Waals surface area contributed by atoms with Crippen LogP contribution in [0.2, 0.25) is 5.02 Å². The number of nitrogens with one attached hydrogen (secondary N) is 1. The van der Waals surface area contributed by atoms with Crippen molar-refractivity contribution < 1.29 is 22.7 Å². The molecule has 9 heteroatoms. The molecule has 5 nitrogen and oxygen atoms in total. The summed E-state index contributed by atoms with van der Waals surface area (Å²) in [5.74, 6) is -0.527. The number of aromatic nitrogens is 1. The highest BCUT2D eigenvalue weighted by molar-refractivity contribution is 6.30. The van der Waals surface area contributed by atoms with E-state index in [2.05, 4.69) is 10.1 Å². The van der Waals surface area contributed by atoms with Crippen LogP contribution in [-0.4, -0.2) is 16.8 Å². The molecule has 1 amide bonds. The molecular weight excluding hydrogens is 493 g/mol. The molecule has 0 radical (unpaired) electrons. The molecule has 0 spiro atoms. The molecule has 0 aliphatic rings. The number of fused-ring (bicyclic) bond motifs is 1. The Kier molecular flexibility index (Phi) is 7.35. The number of amides is 1. The van der Waals surface area contributed by atoms with Gasteiger partial charge in [0.05, 0.1) is 6.04 Å². The number of hydrogen-bond donors (Lipinski definition) is 1. The number of aryl methyl sites for hydroxylation is 1. The van der Waals surface area contributed by atoms with Gasteiger partial charge in [0.1, 0.15) is 5.75 Å². The first-order chi connectivity index (χ1) is 17.1. The van der Waals surface area contributed by atoms with E-state index in [1.165, 1.54) is 28.8 Å². The highest BCUT2D eigenvalue weighted by Crippen LogP contribution is 2.27. The van der Waals surface area contributed by atoms with Crippen molar-refractivity contribution in [1.82, 2.24) is 4.57 Å². The van der Waals surface area contributed by atoms with Gasteiger partial charge in [-0.05, 0) is 66.9 Å². The molecule has 0 saturated carbocycles. The molecule has 36 heavy (non-hydrogen) atoms. The smallest absolute Gasteiger partial charge is 0.406 e. The molecule has 0 aliphatic carbocycles. The van der Waals surface area contributed by atoms with E-state index in [1.54, 1.807) is 43.5 Å². The Morgan fingerprint density at radius 1 is 1.03 bits per heavy atom. The van der Waals surface area contributed by atoms with Gasteiger partial charge < -0.3 is 14.6 Å². The average molecular weight is 515 g/mol. The van der Waals surface area contributed by atoms with Crippen LogP contribution in [0.3, 0.4) is 0 Å². The number of rotatable bonds is 7. The lowest BCUT2D eigenvalue weighted by molar-refractivity contribution is -0.274. The van der Waals surface area contributed by atoms with Crippen LogP contribution in [0.4, 0.5) is 18.9 Å². The maximum atomic E-state index is 13.2. The molecule has 0 fully saturated rings. The van der Waals surface area contributed by atoms with E-state index >= 15 is 0 Å².